The summed E-state index contributed by atoms with van der Waals surface area (Å²) in [5, 5.41) is 7.50. The largest absolute Gasteiger partial charge is 0.468 e. The Morgan fingerprint density at radius 2 is 2.06 bits per heavy atom. The first kappa shape index (κ1) is 14.9. The molecule has 0 aromatic carbocycles. The fourth-order valence-corrected chi connectivity index (χ4v) is 3.79. The number of rotatable bonds is 5. The van der Waals surface area contributed by atoms with Crippen LogP contribution in [0.1, 0.15) is 32.6 Å². The predicted octanol–water partition coefficient (Wildman–Crippen LogP) is 0.646. The van der Waals surface area contributed by atoms with Gasteiger partial charge in [-0.3, -0.25) is 4.79 Å². The molecule has 0 aliphatic heterocycles. The van der Waals surface area contributed by atoms with E-state index in [2.05, 4.69) is 4.74 Å². The molecule has 1 saturated carbocycles. The van der Waals surface area contributed by atoms with Gasteiger partial charge in [0, 0.05) is 6.04 Å². The maximum Gasteiger partial charge on any atom is 0.325 e. The van der Waals surface area contributed by atoms with Gasteiger partial charge in [-0.1, -0.05) is 12.8 Å². The lowest BCUT2D eigenvalue weighted by Crippen LogP contribution is -2.46. The van der Waals surface area contributed by atoms with Crippen molar-refractivity contribution in [2.75, 3.05) is 13.7 Å². The highest BCUT2D eigenvalue weighted by Crippen LogP contribution is 2.27. The number of methoxy groups -OCH3 is 1. The van der Waals surface area contributed by atoms with Crippen LogP contribution in [0.5, 0.6) is 0 Å². The van der Waals surface area contributed by atoms with Crippen LogP contribution in [0.2, 0.25) is 0 Å². The summed E-state index contributed by atoms with van der Waals surface area (Å²) in [6, 6.07) is 1.69. The van der Waals surface area contributed by atoms with Gasteiger partial charge in [0.15, 0.2) is 5.25 Å². The van der Waals surface area contributed by atoms with E-state index >= 15 is 0 Å². The van der Waals surface area contributed by atoms with Crippen molar-refractivity contribution in [3.8, 4) is 6.07 Å². The molecule has 1 fully saturated rings. The molecule has 1 rings (SSSR count). The average molecular weight is 274 g/mol. The summed E-state index contributed by atoms with van der Waals surface area (Å²) in [4.78, 5) is 11.4. The molecule has 7 heteroatoms. The van der Waals surface area contributed by atoms with E-state index in [1.807, 2.05) is 6.07 Å². The third kappa shape index (κ3) is 3.00. The van der Waals surface area contributed by atoms with Crippen molar-refractivity contribution in [2.24, 2.45) is 0 Å². The number of hydrogen-bond donors (Lipinski definition) is 0. The number of nitrogens with zero attached hydrogens (tertiary/aromatic N) is 2. The van der Waals surface area contributed by atoms with Crippen molar-refractivity contribution >= 4 is 16.0 Å². The maximum atomic E-state index is 12.3. The Balaban J connectivity index is 2.96. The van der Waals surface area contributed by atoms with E-state index < -0.39 is 21.2 Å². The molecule has 0 radical (unpaired) electrons. The number of esters is 1. The van der Waals surface area contributed by atoms with Gasteiger partial charge in [0.2, 0.25) is 10.0 Å². The van der Waals surface area contributed by atoms with Crippen molar-refractivity contribution in [2.45, 2.75) is 43.9 Å². The second-order valence-electron chi connectivity index (χ2n) is 4.35. The molecule has 1 atom stereocenters. The van der Waals surface area contributed by atoms with E-state index in [-0.39, 0.29) is 12.6 Å². The van der Waals surface area contributed by atoms with Crippen LogP contribution in [0.4, 0.5) is 0 Å². The molecule has 0 spiro atoms. The minimum absolute atomic E-state index is 0.165. The van der Waals surface area contributed by atoms with E-state index in [0.717, 1.165) is 37.1 Å². The summed E-state index contributed by atoms with van der Waals surface area (Å²) in [5.41, 5.74) is 0. The average Bonchev–Trinajstić information content (AvgIpc) is 2.87. The summed E-state index contributed by atoms with van der Waals surface area (Å²) in [5.74, 6) is -0.795. The van der Waals surface area contributed by atoms with Gasteiger partial charge in [-0.25, -0.2) is 8.42 Å². The van der Waals surface area contributed by atoms with Crippen LogP contribution in [0.3, 0.4) is 0 Å². The van der Waals surface area contributed by atoms with Crippen LogP contribution in [0.15, 0.2) is 0 Å². The number of ether oxygens (including phenoxy) is 1. The topological polar surface area (TPSA) is 87.5 Å². The van der Waals surface area contributed by atoms with Gasteiger partial charge in [0.05, 0.1) is 13.2 Å². The zero-order valence-corrected chi connectivity index (χ0v) is 11.4. The highest BCUT2D eigenvalue weighted by atomic mass is 32.2. The molecule has 0 N–H and O–H groups in total. The molecule has 1 unspecified atom stereocenters. The summed E-state index contributed by atoms with van der Waals surface area (Å²) in [6.45, 7) is 1.08. The van der Waals surface area contributed by atoms with Crippen LogP contribution in [-0.4, -0.2) is 43.6 Å². The smallest absolute Gasteiger partial charge is 0.325 e. The van der Waals surface area contributed by atoms with Crippen molar-refractivity contribution < 1.29 is 17.9 Å². The third-order valence-electron chi connectivity index (χ3n) is 3.27. The highest BCUT2D eigenvalue weighted by molar-refractivity contribution is 7.90. The quantitative estimate of drug-likeness (QED) is 0.542. The number of carbonyl (C=O) groups excluding carboxylic acids is 1. The maximum absolute atomic E-state index is 12.3. The molecule has 0 bridgehead atoms. The van der Waals surface area contributed by atoms with Crippen LogP contribution in [-0.2, 0) is 19.6 Å². The molecule has 102 valence electrons. The van der Waals surface area contributed by atoms with Crippen LogP contribution in [0, 0.1) is 11.3 Å². The van der Waals surface area contributed by atoms with E-state index in [0.29, 0.717) is 0 Å². The second kappa shape index (κ2) is 6.16. The standard InChI is InChI=1S/C11H18N2O4S/c1-9(11(14)17-2)18(15,16)13(8-7-12)10-5-3-4-6-10/h9-10H,3-6,8H2,1-2H3. The number of sulfonamides is 1. The lowest BCUT2D eigenvalue weighted by molar-refractivity contribution is -0.139. The van der Waals surface area contributed by atoms with Crippen LogP contribution >= 0.6 is 0 Å². The molecule has 0 aromatic heterocycles. The lowest BCUT2D eigenvalue weighted by Gasteiger charge is -2.27. The molecule has 0 amide bonds. The van der Waals surface area contributed by atoms with Gasteiger partial charge in [-0.05, 0) is 19.8 Å². The molecule has 6 nitrogen and oxygen atoms in total. The Kier molecular flexibility index (Phi) is 5.11. The van der Waals surface area contributed by atoms with Crippen molar-refractivity contribution in [1.29, 1.82) is 5.26 Å². The van der Waals surface area contributed by atoms with Gasteiger partial charge in [0.25, 0.3) is 0 Å². The summed E-state index contributed by atoms with van der Waals surface area (Å²) in [7, 11) is -2.67. The van der Waals surface area contributed by atoms with Gasteiger partial charge in [0.1, 0.15) is 6.54 Å². The van der Waals surface area contributed by atoms with Gasteiger partial charge in [-0.15, -0.1) is 0 Å². The van der Waals surface area contributed by atoms with E-state index in [4.69, 9.17) is 5.26 Å². The summed E-state index contributed by atoms with van der Waals surface area (Å²) < 4.78 is 30.2. The Morgan fingerprint density at radius 1 is 1.50 bits per heavy atom. The molecule has 0 aromatic rings. The normalized spacial score (nSPS) is 18.6. The summed E-state index contributed by atoms with van der Waals surface area (Å²) >= 11 is 0. The van der Waals surface area contributed by atoms with Gasteiger partial charge in [-0.2, -0.15) is 9.57 Å². The van der Waals surface area contributed by atoms with Crippen molar-refractivity contribution in [3.05, 3.63) is 0 Å². The van der Waals surface area contributed by atoms with E-state index in [1.54, 1.807) is 0 Å². The fourth-order valence-electron chi connectivity index (χ4n) is 2.18. The number of carbonyl (C=O) groups is 1. The van der Waals surface area contributed by atoms with Crippen molar-refractivity contribution in [3.63, 3.8) is 0 Å². The van der Waals surface area contributed by atoms with Crippen LogP contribution in [0.25, 0.3) is 0 Å². The van der Waals surface area contributed by atoms with E-state index in [9.17, 15) is 13.2 Å². The fraction of sp³-hybridized carbons (Fsp3) is 0.818. The number of hydrogen-bond acceptors (Lipinski definition) is 5. The minimum Gasteiger partial charge on any atom is -0.468 e. The minimum atomic E-state index is -3.82. The SMILES string of the molecule is COC(=O)C(C)S(=O)(=O)N(CC#N)C1CCCC1. The molecule has 0 heterocycles. The van der Waals surface area contributed by atoms with Crippen molar-refractivity contribution in [1.82, 2.24) is 4.31 Å². The second-order valence-corrected chi connectivity index (χ2v) is 6.56. The van der Waals surface area contributed by atoms with Gasteiger partial charge >= 0.3 is 5.97 Å². The van der Waals surface area contributed by atoms with E-state index in [1.165, 1.54) is 6.92 Å². The monoisotopic (exact) mass is 274 g/mol. The molecular formula is C11H18N2O4S. The lowest BCUT2D eigenvalue weighted by atomic mass is 10.2. The Hall–Kier alpha value is -1.13. The first-order chi connectivity index (χ1) is 8.45. The Labute approximate surface area is 108 Å². The molecule has 1 aliphatic carbocycles. The zero-order valence-electron chi connectivity index (χ0n) is 10.6. The predicted molar refractivity (Wildman–Crippen MR) is 65.0 cm³/mol. The van der Waals surface area contributed by atoms with Crippen LogP contribution < -0.4 is 0 Å². The number of nitriles is 1. The Morgan fingerprint density at radius 3 is 2.50 bits per heavy atom. The first-order valence-corrected chi connectivity index (χ1v) is 7.41. The third-order valence-corrected chi connectivity index (χ3v) is 5.43. The molecule has 1 aliphatic rings. The molecule has 18 heavy (non-hydrogen) atoms. The first-order valence-electron chi connectivity index (χ1n) is 5.90. The molecule has 0 saturated heterocycles. The highest BCUT2D eigenvalue weighted by Gasteiger charge is 2.39. The zero-order chi connectivity index (χ0) is 13.8. The Bertz CT molecular complexity index is 434. The van der Waals surface area contributed by atoms with Gasteiger partial charge < -0.3 is 4.74 Å². The summed E-state index contributed by atoms with van der Waals surface area (Å²) in [6.07, 6.45) is 3.40. The molecular weight excluding hydrogens is 256 g/mol.